The maximum atomic E-state index is 6.19. The van der Waals surface area contributed by atoms with E-state index in [4.69, 9.17) is 5.73 Å². The van der Waals surface area contributed by atoms with Gasteiger partial charge >= 0.3 is 0 Å². The molecule has 0 radical (unpaired) electrons. The highest BCUT2D eigenvalue weighted by Crippen LogP contribution is 2.33. The molecule has 7 heteroatoms. The lowest BCUT2D eigenvalue weighted by atomic mass is 10.0. The zero-order chi connectivity index (χ0) is 20.6. The van der Waals surface area contributed by atoms with Gasteiger partial charge in [0.1, 0.15) is 5.82 Å². The third-order valence-corrected chi connectivity index (χ3v) is 6.34. The Kier molecular flexibility index (Phi) is 7.98. The number of nitrogens with one attached hydrogen (secondary N) is 1. The summed E-state index contributed by atoms with van der Waals surface area (Å²) < 4.78 is 2.37. The van der Waals surface area contributed by atoms with Gasteiger partial charge in [0, 0.05) is 24.7 Å². The molecule has 0 bridgehead atoms. The number of guanidine groups is 1. The van der Waals surface area contributed by atoms with Crippen LogP contribution in [0.25, 0.3) is 0 Å². The summed E-state index contributed by atoms with van der Waals surface area (Å²) in [5.74, 6) is 1.58. The normalized spacial score (nSPS) is 15.2. The number of hydrogen-bond acceptors (Lipinski definition) is 4. The fraction of sp³-hybridized carbons (Fsp3) is 0.591. The van der Waals surface area contributed by atoms with Gasteiger partial charge in [0.25, 0.3) is 0 Å². The molecule has 0 aliphatic heterocycles. The number of anilines is 1. The Morgan fingerprint density at radius 2 is 1.90 bits per heavy atom. The maximum absolute atomic E-state index is 6.19. The molecule has 0 atom stereocenters. The van der Waals surface area contributed by atoms with E-state index in [1.54, 1.807) is 11.8 Å². The zero-order valence-corrected chi connectivity index (χ0v) is 18.8. The van der Waals surface area contributed by atoms with Crippen molar-refractivity contribution in [3.8, 4) is 0 Å². The van der Waals surface area contributed by atoms with Crippen LogP contribution >= 0.6 is 11.8 Å². The van der Waals surface area contributed by atoms with Gasteiger partial charge in [0.15, 0.2) is 11.1 Å². The van der Waals surface area contributed by atoms with E-state index in [0.717, 1.165) is 42.4 Å². The molecule has 3 rings (SSSR count). The minimum atomic E-state index is 0.489. The average molecular weight is 415 g/mol. The quantitative estimate of drug-likeness (QED) is 0.271. The second kappa shape index (κ2) is 10.7. The summed E-state index contributed by atoms with van der Waals surface area (Å²) >= 11 is 1.69. The average Bonchev–Trinajstić information content (AvgIpc) is 3.40. The molecule has 0 unspecified atom stereocenters. The molecule has 1 aliphatic carbocycles. The summed E-state index contributed by atoms with van der Waals surface area (Å²) in [6.07, 6.45) is 10.9. The number of aliphatic imine (C=N–C) groups is 1. The molecule has 29 heavy (non-hydrogen) atoms. The molecule has 1 aliphatic rings. The van der Waals surface area contributed by atoms with Crippen LogP contribution in [0.5, 0.6) is 0 Å². The van der Waals surface area contributed by atoms with E-state index in [1.807, 2.05) is 0 Å². The summed E-state index contributed by atoms with van der Waals surface area (Å²) in [5, 5.41) is 13.2. The van der Waals surface area contributed by atoms with Crippen LogP contribution in [0.15, 0.2) is 28.3 Å². The second-order valence-electron chi connectivity index (χ2n) is 7.57. The van der Waals surface area contributed by atoms with E-state index in [1.165, 1.54) is 36.8 Å². The lowest BCUT2D eigenvalue weighted by molar-refractivity contribution is 0.461. The van der Waals surface area contributed by atoms with Crippen LogP contribution in [-0.2, 0) is 19.3 Å². The van der Waals surface area contributed by atoms with Crippen molar-refractivity contribution in [1.82, 2.24) is 14.8 Å². The molecule has 0 amide bonds. The monoisotopic (exact) mass is 414 g/mol. The number of thioether (sulfide) groups is 1. The third kappa shape index (κ3) is 5.32. The highest BCUT2D eigenvalue weighted by molar-refractivity contribution is 7.98. The summed E-state index contributed by atoms with van der Waals surface area (Å²) in [5.41, 5.74) is 9.85. The number of nitrogens with zero attached hydrogens (tertiary/aromatic N) is 4. The van der Waals surface area contributed by atoms with Gasteiger partial charge in [-0.15, -0.1) is 10.2 Å². The van der Waals surface area contributed by atoms with Crippen molar-refractivity contribution in [2.45, 2.75) is 76.4 Å². The Hall–Kier alpha value is -2.02. The number of para-hydroxylation sites is 1. The number of nitrogens with two attached hydrogens (primary N) is 1. The molecule has 3 N–H and O–H groups in total. The molecule has 1 aromatic carbocycles. The van der Waals surface area contributed by atoms with Crippen LogP contribution in [0, 0.1) is 0 Å². The van der Waals surface area contributed by atoms with Crippen LogP contribution in [-0.4, -0.2) is 33.5 Å². The van der Waals surface area contributed by atoms with E-state index in [-0.39, 0.29) is 0 Å². The van der Waals surface area contributed by atoms with Crippen molar-refractivity contribution >= 4 is 23.4 Å². The molecule has 0 spiro atoms. The van der Waals surface area contributed by atoms with Crippen LogP contribution in [0.4, 0.5) is 5.69 Å². The number of aryl methyl sites for hydroxylation is 3. The van der Waals surface area contributed by atoms with Crippen molar-refractivity contribution in [2.75, 3.05) is 18.1 Å². The van der Waals surface area contributed by atoms with E-state index >= 15 is 0 Å². The van der Waals surface area contributed by atoms with E-state index in [2.05, 4.69) is 63.4 Å². The van der Waals surface area contributed by atoms with E-state index in [0.29, 0.717) is 18.5 Å². The Labute approximate surface area is 178 Å². The summed E-state index contributed by atoms with van der Waals surface area (Å²) in [4.78, 5) is 4.56. The molecule has 0 saturated heterocycles. The second-order valence-corrected chi connectivity index (χ2v) is 8.34. The Balaban J connectivity index is 1.59. The van der Waals surface area contributed by atoms with Crippen molar-refractivity contribution in [3.63, 3.8) is 0 Å². The first-order valence-electron chi connectivity index (χ1n) is 10.8. The number of benzene rings is 1. The number of aromatic nitrogens is 3. The molecule has 1 aromatic heterocycles. The van der Waals surface area contributed by atoms with Gasteiger partial charge in [-0.2, -0.15) is 0 Å². The van der Waals surface area contributed by atoms with Crippen molar-refractivity contribution in [3.05, 3.63) is 35.2 Å². The molecule has 2 aromatic rings. The lowest BCUT2D eigenvalue weighted by Crippen LogP contribution is -2.24. The maximum Gasteiger partial charge on any atom is 0.193 e. The van der Waals surface area contributed by atoms with E-state index < -0.39 is 0 Å². The minimum absolute atomic E-state index is 0.489. The third-order valence-electron chi connectivity index (χ3n) is 5.70. The fourth-order valence-electron chi connectivity index (χ4n) is 4.15. The topological polar surface area (TPSA) is 81.1 Å². The highest BCUT2D eigenvalue weighted by Gasteiger charge is 2.23. The van der Waals surface area contributed by atoms with Gasteiger partial charge in [-0.3, -0.25) is 4.99 Å². The molecule has 1 heterocycles. The lowest BCUT2D eigenvalue weighted by Gasteiger charge is -2.16. The molecule has 1 saturated carbocycles. The van der Waals surface area contributed by atoms with Crippen LogP contribution in [0.1, 0.15) is 68.9 Å². The first kappa shape index (κ1) is 21.7. The summed E-state index contributed by atoms with van der Waals surface area (Å²) in [6.45, 7) is 5.01. The molecular weight excluding hydrogens is 380 g/mol. The molecule has 1 fully saturated rings. The number of rotatable bonds is 9. The van der Waals surface area contributed by atoms with Crippen LogP contribution in [0.2, 0.25) is 0 Å². The smallest absolute Gasteiger partial charge is 0.193 e. The Morgan fingerprint density at radius 3 is 2.52 bits per heavy atom. The standard InChI is InChI=1S/C22H34N6S/c1-4-16-10-8-11-17(5-2)20(16)25-21(23)24-15-9-14-19-26-27-22(29-3)28(19)18-12-6-7-13-18/h8,10-11,18H,4-7,9,12-15H2,1-3H3,(H3,23,24,25). The van der Waals surface area contributed by atoms with Gasteiger partial charge in [-0.05, 0) is 49.5 Å². The first-order chi connectivity index (χ1) is 14.2. The predicted molar refractivity (Wildman–Crippen MR) is 123 cm³/mol. The Bertz CT molecular complexity index is 800. The van der Waals surface area contributed by atoms with Gasteiger partial charge in [0.2, 0.25) is 0 Å². The van der Waals surface area contributed by atoms with Crippen molar-refractivity contribution in [1.29, 1.82) is 0 Å². The highest BCUT2D eigenvalue weighted by atomic mass is 32.2. The van der Waals surface area contributed by atoms with Crippen molar-refractivity contribution in [2.24, 2.45) is 10.7 Å². The molecule has 158 valence electrons. The van der Waals surface area contributed by atoms with Gasteiger partial charge < -0.3 is 15.6 Å². The number of hydrogen-bond donors (Lipinski definition) is 2. The zero-order valence-electron chi connectivity index (χ0n) is 17.9. The first-order valence-corrected chi connectivity index (χ1v) is 12.1. The summed E-state index contributed by atoms with van der Waals surface area (Å²) in [7, 11) is 0. The van der Waals surface area contributed by atoms with Gasteiger partial charge in [0.05, 0.1) is 0 Å². The Morgan fingerprint density at radius 1 is 1.21 bits per heavy atom. The summed E-state index contributed by atoms with van der Waals surface area (Å²) in [6, 6.07) is 6.97. The van der Waals surface area contributed by atoms with E-state index in [9.17, 15) is 0 Å². The van der Waals surface area contributed by atoms with Gasteiger partial charge in [-0.1, -0.05) is 56.7 Å². The predicted octanol–water partition coefficient (Wildman–Crippen LogP) is 4.60. The van der Waals surface area contributed by atoms with Crippen LogP contribution in [0.3, 0.4) is 0 Å². The van der Waals surface area contributed by atoms with Crippen LogP contribution < -0.4 is 11.1 Å². The minimum Gasteiger partial charge on any atom is -0.370 e. The SMILES string of the molecule is CCc1cccc(CC)c1NC(N)=NCCCc1nnc(SC)n1C1CCCC1. The van der Waals surface area contributed by atoms with Crippen molar-refractivity contribution < 1.29 is 0 Å². The molecule has 6 nitrogen and oxygen atoms in total. The largest absolute Gasteiger partial charge is 0.370 e. The molecular formula is C22H34N6S. The van der Waals surface area contributed by atoms with Gasteiger partial charge in [-0.25, -0.2) is 0 Å². The fourth-order valence-corrected chi connectivity index (χ4v) is 4.73.